The van der Waals surface area contributed by atoms with Gasteiger partial charge in [-0.15, -0.1) is 0 Å². The minimum absolute atomic E-state index is 0.371. The summed E-state index contributed by atoms with van der Waals surface area (Å²) < 4.78 is 24.3. The summed E-state index contributed by atoms with van der Waals surface area (Å²) in [7, 11) is -3.02. The van der Waals surface area contributed by atoms with E-state index in [1.54, 1.807) is 4.31 Å². The van der Waals surface area contributed by atoms with Gasteiger partial charge in [0.25, 0.3) is 0 Å². The van der Waals surface area contributed by atoms with Crippen LogP contribution in [0.25, 0.3) is 0 Å². The predicted octanol–water partition coefficient (Wildman–Crippen LogP) is 1.52. The van der Waals surface area contributed by atoms with Gasteiger partial charge in [0.2, 0.25) is 10.0 Å². The molecule has 5 heteroatoms. The van der Waals surface area contributed by atoms with E-state index in [2.05, 4.69) is 5.32 Å². The van der Waals surface area contributed by atoms with E-state index in [0.717, 1.165) is 18.5 Å². The second kappa shape index (κ2) is 5.06. The third-order valence-electron chi connectivity index (χ3n) is 3.07. The standard InChI is InChI=1S/C12H18N2O2S/c1-17(15,16)14-9-7-12(8-10-14)13-11-5-3-2-4-6-11/h2-6,12-13H,7-10H2,1H3. The van der Waals surface area contributed by atoms with Gasteiger partial charge in [0.15, 0.2) is 0 Å². The van der Waals surface area contributed by atoms with Gasteiger partial charge in [0.05, 0.1) is 6.26 Å². The molecule has 0 spiro atoms. The topological polar surface area (TPSA) is 49.4 Å². The Morgan fingerprint density at radius 3 is 2.29 bits per heavy atom. The normalized spacial score (nSPS) is 19.1. The number of benzene rings is 1. The van der Waals surface area contributed by atoms with Gasteiger partial charge in [-0.3, -0.25) is 0 Å². The molecule has 0 aromatic heterocycles. The van der Waals surface area contributed by atoms with Crippen LogP contribution in [0.4, 0.5) is 5.69 Å². The molecule has 1 aliphatic heterocycles. The fraction of sp³-hybridized carbons (Fsp3) is 0.500. The largest absolute Gasteiger partial charge is 0.382 e. The van der Waals surface area contributed by atoms with Crippen LogP contribution < -0.4 is 5.32 Å². The molecule has 4 nitrogen and oxygen atoms in total. The number of piperidine rings is 1. The van der Waals surface area contributed by atoms with Crippen molar-refractivity contribution >= 4 is 15.7 Å². The van der Waals surface area contributed by atoms with Crippen LogP contribution in [0, 0.1) is 0 Å². The van der Waals surface area contributed by atoms with E-state index in [1.165, 1.54) is 6.26 Å². The van der Waals surface area contributed by atoms with E-state index < -0.39 is 10.0 Å². The molecule has 0 aliphatic carbocycles. The van der Waals surface area contributed by atoms with Crippen LogP contribution in [0.3, 0.4) is 0 Å². The first-order valence-corrected chi connectivity index (χ1v) is 7.67. The lowest BCUT2D eigenvalue weighted by atomic mass is 10.1. The first-order valence-electron chi connectivity index (χ1n) is 5.82. The zero-order chi connectivity index (χ0) is 12.3. The van der Waals surface area contributed by atoms with Crippen molar-refractivity contribution in [1.82, 2.24) is 4.31 Å². The monoisotopic (exact) mass is 254 g/mol. The number of nitrogens with one attached hydrogen (secondary N) is 1. The molecule has 1 fully saturated rings. The Bertz CT molecular complexity index is 451. The molecule has 0 saturated carbocycles. The summed E-state index contributed by atoms with van der Waals surface area (Å²) in [5, 5.41) is 3.43. The minimum atomic E-state index is -3.02. The lowest BCUT2D eigenvalue weighted by Crippen LogP contribution is -2.41. The molecule has 1 aliphatic rings. The molecule has 0 amide bonds. The highest BCUT2D eigenvalue weighted by atomic mass is 32.2. The first kappa shape index (κ1) is 12.4. The maximum atomic E-state index is 11.4. The van der Waals surface area contributed by atoms with Crippen molar-refractivity contribution in [3.8, 4) is 0 Å². The minimum Gasteiger partial charge on any atom is -0.382 e. The molecule has 0 bridgehead atoms. The zero-order valence-corrected chi connectivity index (χ0v) is 10.8. The molecular weight excluding hydrogens is 236 g/mol. The average Bonchev–Trinajstić information content (AvgIpc) is 2.30. The van der Waals surface area contributed by atoms with Crippen molar-refractivity contribution < 1.29 is 8.42 Å². The van der Waals surface area contributed by atoms with E-state index >= 15 is 0 Å². The Morgan fingerprint density at radius 1 is 1.18 bits per heavy atom. The number of nitrogens with zero attached hydrogens (tertiary/aromatic N) is 1. The molecule has 1 N–H and O–H groups in total. The third kappa shape index (κ3) is 3.44. The zero-order valence-electron chi connectivity index (χ0n) is 9.96. The fourth-order valence-electron chi connectivity index (χ4n) is 2.10. The van der Waals surface area contributed by atoms with Crippen molar-refractivity contribution in [3.63, 3.8) is 0 Å². The lowest BCUT2D eigenvalue weighted by molar-refractivity contribution is 0.332. The predicted molar refractivity (Wildman–Crippen MR) is 69.5 cm³/mol. The Morgan fingerprint density at radius 2 is 1.76 bits per heavy atom. The van der Waals surface area contributed by atoms with Crippen LogP contribution in [0.2, 0.25) is 0 Å². The number of para-hydroxylation sites is 1. The molecule has 1 saturated heterocycles. The molecule has 1 heterocycles. The molecule has 1 aromatic rings. The van der Waals surface area contributed by atoms with E-state index in [9.17, 15) is 8.42 Å². The average molecular weight is 254 g/mol. The van der Waals surface area contributed by atoms with Crippen LogP contribution in [0.1, 0.15) is 12.8 Å². The number of hydrogen-bond donors (Lipinski definition) is 1. The van der Waals surface area contributed by atoms with Crippen molar-refractivity contribution in [2.75, 3.05) is 24.7 Å². The lowest BCUT2D eigenvalue weighted by Gasteiger charge is -2.31. The summed E-state index contributed by atoms with van der Waals surface area (Å²) in [6.07, 6.45) is 3.00. The van der Waals surface area contributed by atoms with Gasteiger partial charge in [-0.25, -0.2) is 12.7 Å². The van der Waals surface area contributed by atoms with Crippen LogP contribution in [-0.2, 0) is 10.0 Å². The Kier molecular flexibility index (Phi) is 3.69. The van der Waals surface area contributed by atoms with Gasteiger partial charge in [-0.05, 0) is 25.0 Å². The molecule has 0 unspecified atom stereocenters. The maximum Gasteiger partial charge on any atom is 0.211 e. The van der Waals surface area contributed by atoms with E-state index in [4.69, 9.17) is 0 Å². The molecule has 0 radical (unpaired) electrons. The summed E-state index contributed by atoms with van der Waals surface area (Å²) >= 11 is 0. The quantitative estimate of drug-likeness (QED) is 0.889. The van der Waals surface area contributed by atoms with Crippen LogP contribution in [0.5, 0.6) is 0 Å². The van der Waals surface area contributed by atoms with Crippen molar-refractivity contribution in [2.24, 2.45) is 0 Å². The van der Waals surface area contributed by atoms with Crippen molar-refractivity contribution in [2.45, 2.75) is 18.9 Å². The van der Waals surface area contributed by atoms with Gasteiger partial charge in [-0.2, -0.15) is 0 Å². The Hall–Kier alpha value is -1.07. The number of sulfonamides is 1. The first-order chi connectivity index (χ1) is 8.05. The summed E-state index contributed by atoms with van der Waals surface area (Å²) in [5.41, 5.74) is 1.10. The van der Waals surface area contributed by atoms with Crippen LogP contribution in [-0.4, -0.2) is 38.1 Å². The smallest absolute Gasteiger partial charge is 0.211 e. The van der Waals surface area contributed by atoms with Gasteiger partial charge in [0.1, 0.15) is 0 Å². The fourth-order valence-corrected chi connectivity index (χ4v) is 2.98. The summed E-state index contributed by atoms with van der Waals surface area (Å²) in [5.74, 6) is 0. The Labute approximate surface area is 103 Å². The summed E-state index contributed by atoms with van der Waals surface area (Å²) in [4.78, 5) is 0. The van der Waals surface area contributed by atoms with Gasteiger partial charge in [0, 0.05) is 24.8 Å². The summed E-state index contributed by atoms with van der Waals surface area (Å²) in [6, 6.07) is 10.4. The van der Waals surface area contributed by atoms with Gasteiger partial charge < -0.3 is 5.32 Å². The molecule has 1 aromatic carbocycles. The van der Waals surface area contributed by atoms with Crippen LogP contribution in [0.15, 0.2) is 30.3 Å². The van der Waals surface area contributed by atoms with Crippen molar-refractivity contribution in [3.05, 3.63) is 30.3 Å². The van der Waals surface area contributed by atoms with Crippen LogP contribution >= 0.6 is 0 Å². The highest BCUT2D eigenvalue weighted by Crippen LogP contribution is 2.17. The van der Waals surface area contributed by atoms with E-state index in [1.807, 2.05) is 30.3 Å². The number of anilines is 1. The molecule has 94 valence electrons. The maximum absolute atomic E-state index is 11.4. The van der Waals surface area contributed by atoms with Gasteiger partial charge >= 0.3 is 0 Å². The van der Waals surface area contributed by atoms with E-state index in [-0.39, 0.29) is 0 Å². The number of hydrogen-bond acceptors (Lipinski definition) is 3. The summed E-state index contributed by atoms with van der Waals surface area (Å²) in [6.45, 7) is 1.23. The number of rotatable bonds is 3. The highest BCUT2D eigenvalue weighted by molar-refractivity contribution is 7.88. The highest BCUT2D eigenvalue weighted by Gasteiger charge is 2.24. The second-order valence-electron chi connectivity index (χ2n) is 4.45. The van der Waals surface area contributed by atoms with E-state index in [0.29, 0.717) is 19.1 Å². The third-order valence-corrected chi connectivity index (χ3v) is 4.37. The molecule has 2 rings (SSSR count). The Balaban J connectivity index is 1.88. The SMILES string of the molecule is CS(=O)(=O)N1CCC(Nc2ccccc2)CC1. The van der Waals surface area contributed by atoms with Gasteiger partial charge in [-0.1, -0.05) is 18.2 Å². The molecule has 17 heavy (non-hydrogen) atoms. The molecule has 0 atom stereocenters. The molecular formula is C12H18N2O2S. The van der Waals surface area contributed by atoms with Crippen molar-refractivity contribution in [1.29, 1.82) is 0 Å². The second-order valence-corrected chi connectivity index (χ2v) is 6.43.